The van der Waals surface area contributed by atoms with Gasteiger partial charge in [-0.15, -0.1) is 0 Å². The number of amides is 1. The number of nitrogens with two attached hydrogens (primary N) is 2. The Labute approximate surface area is 92.0 Å². The molecule has 1 rings (SSSR count). The number of carbonyl (C=O) groups is 1. The van der Waals surface area contributed by atoms with E-state index in [0.29, 0.717) is 6.04 Å². The molecular formula is C11H23N3O. The summed E-state index contributed by atoms with van der Waals surface area (Å²) >= 11 is 0. The molecule has 1 amide bonds. The molecule has 1 aliphatic carbocycles. The third-order valence-corrected chi connectivity index (χ3v) is 3.45. The van der Waals surface area contributed by atoms with Gasteiger partial charge in [-0.25, -0.2) is 0 Å². The minimum absolute atomic E-state index is 0.349. The van der Waals surface area contributed by atoms with Gasteiger partial charge in [0.1, 0.15) is 0 Å². The first-order valence-electron chi connectivity index (χ1n) is 5.86. The zero-order valence-electron chi connectivity index (χ0n) is 9.83. The lowest BCUT2D eigenvalue weighted by Crippen LogP contribution is -2.51. The van der Waals surface area contributed by atoms with Crippen molar-refractivity contribution in [3.8, 4) is 0 Å². The Hall–Kier alpha value is -0.610. The summed E-state index contributed by atoms with van der Waals surface area (Å²) < 4.78 is 0. The van der Waals surface area contributed by atoms with Crippen LogP contribution in [0.15, 0.2) is 0 Å². The summed E-state index contributed by atoms with van der Waals surface area (Å²) in [6, 6.07) is 0.437. The molecule has 0 heterocycles. The van der Waals surface area contributed by atoms with Crippen molar-refractivity contribution >= 4 is 5.91 Å². The van der Waals surface area contributed by atoms with Crippen LogP contribution in [-0.2, 0) is 4.79 Å². The minimum atomic E-state index is -0.758. The smallest absolute Gasteiger partial charge is 0.237 e. The van der Waals surface area contributed by atoms with Crippen molar-refractivity contribution in [2.24, 2.45) is 11.5 Å². The number of hydrogen-bond acceptors (Lipinski definition) is 3. The van der Waals surface area contributed by atoms with Gasteiger partial charge in [0.15, 0.2) is 0 Å². The Bertz CT molecular complexity index is 232. The van der Waals surface area contributed by atoms with E-state index in [2.05, 4.69) is 18.7 Å². The number of nitrogens with zero attached hydrogens (tertiary/aromatic N) is 1. The van der Waals surface area contributed by atoms with Crippen molar-refractivity contribution in [2.75, 3.05) is 13.1 Å². The number of hydrogen-bond donors (Lipinski definition) is 2. The molecule has 2 atom stereocenters. The Morgan fingerprint density at radius 1 is 1.53 bits per heavy atom. The molecule has 0 bridgehead atoms. The Morgan fingerprint density at radius 2 is 2.20 bits per heavy atom. The van der Waals surface area contributed by atoms with Crippen molar-refractivity contribution in [3.05, 3.63) is 0 Å². The first-order valence-corrected chi connectivity index (χ1v) is 5.86. The van der Waals surface area contributed by atoms with Gasteiger partial charge >= 0.3 is 0 Å². The van der Waals surface area contributed by atoms with Gasteiger partial charge in [-0.05, 0) is 38.8 Å². The fourth-order valence-corrected chi connectivity index (χ4v) is 2.47. The first-order chi connectivity index (χ1) is 7.03. The second-order valence-electron chi connectivity index (χ2n) is 4.55. The molecule has 0 spiro atoms. The molecule has 88 valence electrons. The monoisotopic (exact) mass is 213 g/mol. The van der Waals surface area contributed by atoms with Crippen LogP contribution in [0, 0.1) is 0 Å². The molecule has 4 heteroatoms. The number of primary amides is 1. The second-order valence-corrected chi connectivity index (χ2v) is 4.55. The van der Waals surface area contributed by atoms with Gasteiger partial charge in [0.25, 0.3) is 0 Å². The van der Waals surface area contributed by atoms with E-state index in [1.54, 1.807) is 0 Å². The van der Waals surface area contributed by atoms with Crippen molar-refractivity contribution < 1.29 is 4.79 Å². The highest BCUT2D eigenvalue weighted by Crippen LogP contribution is 2.31. The fourth-order valence-electron chi connectivity index (χ4n) is 2.47. The molecule has 15 heavy (non-hydrogen) atoms. The molecule has 4 N–H and O–H groups in total. The summed E-state index contributed by atoms with van der Waals surface area (Å²) in [5, 5.41) is 0. The fraction of sp³-hybridized carbons (Fsp3) is 0.909. The zero-order valence-corrected chi connectivity index (χ0v) is 9.83. The number of rotatable bonds is 5. The lowest BCUT2D eigenvalue weighted by molar-refractivity contribution is -0.123. The summed E-state index contributed by atoms with van der Waals surface area (Å²) in [7, 11) is 0. The van der Waals surface area contributed by atoms with Crippen LogP contribution >= 0.6 is 0 Å². The minimum Gasteiger partial charge on any atom is -0.368 e. The average Bonchev–Trinajstić information content (AvgIpc) is 2.59. The molecule has 1 saturated carbocycles. The average molecular weight is 213 g/mol. The lowest BCUT2D eigenvalue weighted by Gasteiger charge is -2.28. The standard InChI is InChI=1S/C11H23N3O/c1-3-7-14(4-2)9-5-6-11(13,8-9)10(12)15/h9H,3-8,13H2,1-2H3,(H2,12,15). The molecular weight excluding hydrogens is 190 g/mol. The Morgan fingerprint density at radius 3 is 2.60 bits per heavy atom. The predicted octanol–water partition coefficient (Wildman–Crippen LogP) is 0.454. The van der Waals surface area contributed by atoms with Gasteiger partial charge in [-0.3, -0.25) is 4.79 Å². The third kappa shape index (κ3) is 2.69. The largest absolute Gasteiger partial charge is 0.368 e. The SMILES string of the molecule is CCCN(CC)C1CCC(N)(C(N)=O)C1. The summed E-state index contributed by atoms with van der Waals surface area (Å²) in [6.07, 6.45) is 3.58. The van der Waals surface area contributed by atoms with Gasteiger partial charge < -0.3 is 16.4 Å². The van der Waals surface area contributed by atoms with E-state index in [-0.39, 0.29) is 5.91 Å². The summed E-state index contributed by atoms with van der Waals surface area (Å²) in [6.45, 7) is 6.42. The maximum atomic E-state index is 11.2. The van der Waals surface area contributed by atoms with Crippen molar-refractivity contribution in [3.63, 3.8) is 0 Å². The first kappa shape index (κ1) is 12.5. The quantitative estimate of drug-likeness (QED) is 0.696. The van der Waals surface area contributed by atoms with Crippen molar-refractivity contribution in [1.82, 2.24) is 4.90 Å². The molecule has 0 aromatic rings. The van der Waals surface area contributed by atoms with E-state index in [4.69, 9.17) is 11.5 Å². The van der Waals surface area contributed by atoms with Crippen LogP contribution in [0.3, 0.4) is 0 Å². The van der Waals surface area contributed by atoms with Crippen LogP contribution in [0.25, 0.3) is 0 Å². The van der Waals surface area contributed by atoms with E-state index >= 15 is 0 Å². The van der Waals surface area contributed by atoms with Crippen molar-refractivity contribution in [1.29, 1.82) is 0 Å². The lowest BCUT2D eigenvalue weighted by atomic mass is 9.98. The van der Waals surface area contributed by atoms with E-state index in [1.165, 1.54) is 0 Å². The van der Waals surface area contributed by atoms with Crippen LogP contribution < -0.4 is 11.5 Å². The molecule has 0 radical (unpaired) electrons. The van der Waals surface area contributed by atoms with Gasteiger partial charge in [-0.1, -0.05) is 13.8 Å². The van der Waals surface area contributed by atoms with E-state index in [9.17, 15) is 4.79 Å². The van der Waals surface area contributed by atoms with Gasteiger partial charge in [-0.2, -0.15) is 0 Å². The maximum Gasteiger partial charge on any atom is 0.237 e. The molecule has 0 aromatic heterocycles. The number of carbonyl (C=O) groups excluding carboxylic acids is 1. The Kier molecular flexibility index (Phi) is 4.11. The molecule has 0 aliphatic heterocycles. The van der Waals surface area contributed by atoms with E-state index < -0.39 is 5.54 Å². The van der Waals surface area contributed by atoms with E-state index in [1.807, 2.05) is 0 Å². The van der Waals surface area contributed by atoms with Crippen LogP contribution in [0.1, 0.15) is 39.5 Å². The highest BCUT2D eigenvalue weighted by atomic mass is 16.1. The summed E-state index contributed by atoms with van der Waals surface area (Å²) in [5.74, 6) is -0.349. The molecule has 1 aliphatic rings. The van der Waals surface area contributed by atoms with Crippen LogP contribution in [0.5, 0.6) is 0 Å². The maximum absolute atomic E-state index is 11.2. The second kappa shape index (κ2) is 4.94. The highest BCUT2D eigenvalue weighted by Gasteiger charge is 2.42. The van der Waals surface area contributed by atoms with Gasteiger partial charge in [0.05, 0.1) is 5.54 Å². The predicted molar refractivity (Wildman–Crippen MR) is 61.3 cm³/mol. The van der Waals surface area contributed by atoms with Crippen LogP contribution in [-0.4, -0.2) is 35.5 Å². The van der Waals surface area contributed by atoms with Crippen molar-refractivity contribution in [2.45, 2.75) is 51.1 Å². The third-order valence-electron chi connectivity index (χ3n) is 3.45. The molecule has 0 aromatic carbocycles. The van der Waals surface area contributed by atoms with Gasteiger partial charge in [0, 0.05) is 6.04 Å². The molecule has 2 unspecified atom stereocenters. The molecule has 4 nitrogen and oxygen atoms in total. The Balaban J connectivity index is 2.57. The van der Waals surface area contributed by atoms with Gasteiger partial charge in [0.2, 0.25) is 5.91 Å². The summed E-state index contributed by atoms with van der Waals surface area (Å²) in [5.41, 5.74) is 10.5. The van der Waals surface area contributed by atoms with E-state index in [0.717, 1.165) is 38.8 Å². The highest BCUT2D eigenvalue weighted by molar-refractivity contribution is 5.84. The summed E-state index contributed by atoms with van der Waals surface area (Å²) in [4.78, 5) is 13.6. The zero-order chi connectivity index (χ0) is 11.5. The van der Waals surface area contributed by atoms with Crippen LogP contribution in [0.4, 0.5) is 0 Å². The topological polar surface area (TPSA) is 72.3 Å². The molecule has 1 fully saturated rings. The van der Waals surface area contributed by atoms with Crippen LogP contribution in [0.2, 0.25) is 0 Å². The normalized spacial score (nSPS) is 31.1. The molecule has 0 saturated heterocycles.